The van der Waals surface area contributed by atoms with E-state index in [9.17, 15) is 36.6 Å². The molecule has 4 aromatic rings. The molecule has 4 heterocycles. The van der Waals surface area contributed by atoms with Crippen LogP contribution in [0.25, 0.3) is 0 Å². The maximum Gasteiger partial charge on any atom is 0.264 e. The standard InChI is InChI=1S/2C35H47ClN2O6S/c2*1-4-43-22-35(40)16-5-7-23(2)24(3)45(41,42)37-33(39)26-10-14-32-31(18-26)38(19-27-9-12-30(27)35)20-34(21-44-32)15-6-8-25-17-28(36)11-13-29(25)34/h2*10-11,13-14,17-18,23-24,27,30,40H,4-9,12,15-16,19-22H2,1-3H3,(H,37,39)/t23-,24+,27-,30+,34-,35+;23-,24+,27-,30+,34-,35-/m00/s1. The SMILES string of the molecule is CCOC[C@@]1(O)CCC[C@H](C)[C@@H](C)S(=O)(=O)NC(=O)c2ccc3c(c2)N(C[C@@H]2CC[C@H]21)C[C@@]1(CCCc2cc(Cl)ccc21)CO3.CCOC[C@]1(O)CCC[C@H](C)[C@@H](C)S(=O)(=O)NC(=O)c2ccc3c(c2)N(C[C@@H]2CC[C@H]21)C[C@@]1(CCCc2cc(Cl)ccc21)CO3. The molecule has 0 unspecified atom stereocenters. The van der Waals surface area contributed by atoms with Gasteiger partial charge in [-0.2, -0.15) is 0 Å². The van der Waals surface area contributed by atoms with Crippen LogP contribution in [0.3, 0.4) is 0 Å². The Morgan fingerprint density at radius 1 is 0.556 bits per heavy atom. The Balaban J connectivity index is 0.000000185. The Morgan fingerprint density at radius 2 is 0.967 bits per heavy atom. The van der Waals surface area contributed by atoms with Gasteiger partial charge in [-0.15, -0.1) is 0 Å². The van der Waals surface area contributed by atoms with Crippen LogP contribution in [0.4, 0.5) is 11.4 Å². The average molecular weight is 1320 g/mol. The van der Waals surface area contributed by atoms with Gasteiger partial charge in [0.25, 0.3) is 11.8 Å². The fraction of sp³-hybridized carbons (Fsp3) is 0.629. The monoisotopic (exact) mass is 1320 g/mol. The summed E-state index contributed by atoms with van der Waals surface area (Å²) in [6.07, 6.45) is 13.4. The second kappa shape index (κ2) is 27.0. The molecule has 4 bridgehead atoms. The van der Waals surface area contributed by atoms with E-state index in [4.69, 9.17) is 42.1 Å². The van der Waals surface area contributed by atoms with Crippen LogP contribution >= 0.6 is 23.2 Å². The van der Waals surface area contributed by atoms with E-state index in [0.717, 1.165) is 85.6 Å². The van der Waals surface area contributed by atoms with Crippen LogP contribution in [-0.2, 0) is 53.2 Å². The molecule has 2 amide bonds. The summed E-state index contributed by atoms with van der Waals surface area (Å²) in [5, 5.41) is 24.2. The van der Waals surface area contributed by atoms with Crippen LogP contribution in [0, 0.1) is 35.5 Å². The molecule has 16 nitrogen and oxygen atoms in total. The van der Waals surface area contributed by atoms with Crippen molar-refractivity contribution in [3.8, 4) is 11.5 Å². The van der Waals surface area contributed by atoms with Gasteiger partial charge in [-0.1, -0.05) is 62.0 Å². The van der Waals surface area contributed by atoms with Crippen molar-refractivity contribution in [3.63, 3.8) is 0 Å². The van der Waals surface area contributed by atoms with E-state index < -0.39 is 53.6 Å². The van der Waals surface area contributed by atoms with Crippen molar-refractivity contribution in [1.29, 1.82) is 0 Å². The highest BCUT2D eigenvalue weighted by atomic mass is 35.5. The van der Waals surface area contributed by atoms with Crippen molar-refractivity contribution in [2.45, 2.75) is 177 Å². The zero-order valence-electron chi connectivity index (χ0n) is 53.4. The van der Waals surface area contributed by atoms with Crippen LogP contribution in [0.15, 0.2) is 72.8 Å². The van der Waals surface area contributed by atoms with Gasteiger partial charge < -0.3 is 39.0 Å². The fourth-order valence-electron chi connectivity index (χ4n) is 16.5. The highest BCUT2D eigenvalue weighted by Crippen LogP contribution is 2.52. The number of aliphatic hydroxyl groups is 2. The molecule has 4 aliphatic heterocycles. The molecule has 8 aliphatic rings. The van der Waals surface area contributed by atoms with Gasteiger partial charge in [-0.05, 0) is 236 Å². The number of carbonyl (C=O) groups is 2. The Labute approximate surface area is 543 Å². The second-order valence-corrected chi connectivity index (χ2v) is 33.0. The highest BCUT2D eigenvalue weighted by molar-refractivity contribution is 7.91. The topological polar surface area (TPSA) is 210 Å². The largest absolute Gasteiger partial charge is 0.490 e. The van der Waals surface area contributed by atoms with Gasteiger partial charge in [0.1, 0.15) is 11.5 Å². The Morgan fingerprint density at radius 3 is 1.34 bits per heavy atom. The van der Waals surface area contributed by atoms with E-state index in [2.05, 4.69) is 43.5 Å². The van der Waals surface area contributed by atoms with Crippen molar-refractivity contribution in [3.05, 3.63) is 116 Å². The molecule has 2 saturated carbocycles. The molecule has 2 spiro atoms. The number of fused-ring (bicyclic) bond motifs is 8. The molecule has 90 heavy (non-hydrogen) atoms. The molecule has 492 valence electrons. The van der Waals surface area contributed by atoms with E-state index in [0.29, 0.717) is 103 Å². The summed E-state index contributed by atoms with van der Waals surface area (Å²) in [6, 6.07) is 22.8. The maximum atomic E-state index is 13.4. The van der Waals surface area contributed by atoms with Crippen molar-refractivity contribution < 1.29 is 55.6 Å². The molecule has 12 rings (SSSR count). The molecule has 0 saturated heterocycles. The third-order valence-corrected chi connectivity index (χ3v) is 26.7. The third kappa shape index (κ3) is 13.7. The smallest absolute Gasteiger partial charge is 0.264 e. The number of rotatable bonds is 6. The lowest BCUT2D eigenvalue weighted by molar-refractivity contribution is -0.131. The lowest BCUT2D eigenvalue weighted by atomic mass is 9.63. The summed E-state index contributed by atoms with van der Waals surface area (Å²) in [5.74, 6) is 0.270. The minimum atomic E-state index is -3.93. The van der Waals surface area contributed by atoms with E-state index in [-0.39, 0.29) is 70.7 Å². The van der Waals surface area contributed by atoms with Crippen LogP contribution in [0.2, 0.25) is 10.0 Å². The first-order chi connectivity index (χ1) is 42.9. The Hall–Kier alpha value is -4.66. The molecular weight excluding hydrogens is 1220 g/mol. The molecular formula is C70H94Cl2N4O12S2. The number of carbonyl (C=O) groups excluding carboxylic acids is 2. The number of halogens is 2. The number of ether oxygens (including phenoxy) is 4. The first-order valence-electron chi connectivity index (χ1n) is 33.2. The van der Waals surface area contributed by atoms with Crippen LogP contribution < -0.4 is 28.7 Å². The van der Waals surface area contributed by atoms with Gasteiger partial charge in [-0.25, -0.2) is 26.3 Å². The fourth-order valence-corrected chi connectivity index (χ4v) is 19.5. The van der Waals surface area contributed by atoms with Gasteiger partial charge in [0.15, 0.2) is 0 Å². The van der Waals surface area contributed by atoms with E-state index in [1.807, 2.05) is 39.8 Å². The summed E-state index contributed by atoms with van der Waals surface area (Å²) in [5.41, 5.74) is 4.58. The van der Waals surface area contributed by atoms with Crippen molar-refractivity contribution in [1.82, 2.24) is 9.44 Å². The molecule has 4 N–H and O–H groups in total. The van der Waals surface area contributed by atoms with Crippen molar-refractivity contribution in [2.24, 2.45) is 35.5 Å². The molecule has 12 atom stereocenters. The highest BCUT2D eigenvalue weighted by Gasteiger charge is 2.51. The molecule has 4 aliphatic carbocycles. The number of amides is 2. The van der Waals surface area contributed by atoms with Crippen LogP contribution in [0.5, 0.6) is 11.5 Å². The first-order valence-corrected chi connectivity index (χ1v) is 37.1. The van der Waals surface area contributed by atoms with Crippen LogP contribution in [-0.4, -0.2) is 126 Å². The van der Waals surface area contributed by atoms with Gasteiger partial charge in [0, 0.05) is 71.4 Å². The van der Waals surface area contributed by atoms with E-state index in [1.165, 1.54) is 22.3 Å². The minimum Gasteiger partial charge on any atom is -0.490 e. The van der Waals surface area contributed by atoms with Gasteiger partial charge in [0.05, 0.1) is 59.5 Å². The van der Waals surface area contributed by atoms with Crippen LogP contribution in [0.1, 0.15) is 174 Å². The lowest BCUT2D eigenvalue weighted by Crippen LogP contribution is -2.54. The number of hydrogen-bond acceptors (Lipinski definition) is 14. The Bertz CT molecular complexity index is 3290. The normalized spacial score (nSPS) is 33.2. The predicted molar refractivity (Wildman–Crippen MR) is 353 cm³/mol. The zero-order valence-corrected chi connectivity index (χ0v) is 56.5. The number of nitrogens with one attached hydrogen (secondary N) is 2. The zero-order chi connectivity index (χ0) is 64.0. The Kier molecular flexibility index (Phi) is 20.0. The van der Waals surface area contributed by atoms with Crippen molar-refractivity contribution in [2.75, 3.05) is 75.6 Å². The minimum absolute atomic E-state index is 0.0564. The molecule has 20 heteroatoms. The maximum absolute atomic E-state index is 13.4. The summed E-state index contributed by atoms with van der Waals surface area (Å²) in [6.45, 7) is 16.3. The quantitative estimate of drug-likeness (QED) is 0.142. The molecule has 2 fully saturated rings. The first kappa shape index (κ1) is 66.8. The lowest BCUT2D eigenvalue weighted by Gasteiger charge is -2.50. The number of nitrogens with zero attached hydrogens (tertiary/aromatic N) is 2. The third-order valence-electron chi connectivity index (χ3n) is 22.4. The van der Waals surface area contributed by atoms with E-state index in [1.54, 1.807) is 50.2 Å². The molecule has 0 aromatic heterocycles. The number of benzene rings is 4. The van der Waals surface area contributed by atoms with Gasteiger partial charge >= 0.3 is 0 Å². The molecule has 4 aromatic carbocycles. The number of aryl methyl sites for hydroxylation is 2. The second-order valence-electron chi connectivity index (χ2n) is 28.0. The number of hydrogen-bond donors (Lipinski definition) is 4. The van der Waals surface area contributed by atoms with E-state index >= 15 is 0 Å². The predicted octanol–water partition coefficient (Wildman–Crippen LogP) is 11.7. The molecule has 0 radical (unpaired) electrons. The van der Waals surface area contributed by atoms with Crippen molar-refractivity contribution >= 4 is 66.4 Å². The average Bonchev–Trinajstić information content (AvgIpc) is 1.44. The van der Waals surface area contributed by atoms with Gasteiger partial charge in [-0.3, -0.25) is 9.59 Å². The summed E-state index contributed by atoms with van der Waals surface area (Å²) >= 11 is 12.8. The number of sulfonamides is 2. The summed E-state index contributed by atoms with van der Waals surface area (Å²) in [4.78, 5) is 31.6. The summed E-state index contributed by atoms with van der Waals surface area (Å²) in [7, 11) is -7.86. The number of anilines is 2. The van der Waals surface area contributed by atoms with Gasteiger partial charge in [0.2, 0.25) is 20.0 Å². The summed E-state index contributed by atoms with van der Waals surface area (Å²) < 4.78 is 82.9.